The maximum absolute atomic E-state index is 11.3. The van der Waals surface area contributed by atoms with E-state index in [-0.39, 0.29) is 5.97 Å². The molecular formula is C13H17N3O2S. The van der Waals surface area contributed by atoms with Crippen molar-refractivity contribution < 1.29 is 9.53 Å². The molecule has 2 heterocycles. The molecule has 0 saturated heterocycles. The van der Waals surface area contributed by atoms with Crippen LogP contribution in [0.4, 0.5) is 0 Å². The maximum atomic E-state index is 11.3. The lowest BCUT2D eigenvalue weighted by Gasteiger charge is -2.04. The summed E-state index contributed by atoms with van der Waals surface area (Å²) >= 11 is 5.28. The number of H-pyrrole nitrogens is 1. The van der Waals surface area contributed by atoms with E-state index in [0.717, 1.165) is 16.7 Å². The Kier molecular flexibility index (Phi) is 4.31. The van der Waals surface area contributed by atoms with Gasteiger partial charge in [-0.15, -0.1) is 0 Å². The first-order chi connectivity index (χ1) is 9.11. The molecule has 19 heavy (non-hydrogen) atoms. The van der Waals surface area contributed by atoms with E-state index in [1.54, 1.807) is 6.92 Å². The monoisotopic (exact) mass is 279 g/mol. The molecule has 0 fully saturated rings. The molecule has 6 heteroatoms. The number of nitrogens with one attached hydrogen (secondary N) is 1. The first-order valence-electron chi connectivity index (χ1n) is 6.32. The van der Waals surface area contributed by atoms with Gasteiger partial charge in [-0.25, -0.2) is 4.98 Å². The largest absolute Gasteiger partial charge is 0.466 e. The van der Waals surface area contributed by atoms with Crippen molar-refractivity contribution in [2.24, 2.45) is 0 Å². The summed E-state index contributed by atoms with van der Waals surface area (Å²) in [6.45, 7) is 4.88. The number of carbonyl (C=O) groups is 1. The van der Waals surface area contributed by atoms with Crippen molar-refractivity contribution in [3.8, 4) is 0 Å². The molecule has 5 nitrogen and oxygen atoms in total. The molecule has 0 aromatic carbocycles. The number of esters is 1. The lowest BCUT2D eigenvalue weighted by molar-refractivity contribution is -0.143. The van der Waals surface area contributed by atoms with Gasteiger partial charge in [0.25, 0.3) is 0 Å². The number of pyridine rings is 1. The summed E-state index contributed by atoms with van der Waals surface area (Å²) in [5.74, 6) is -0.169. The van der Waals surface area contributed by atoms with Crippen molar-refractivity contribution in [3.63, 3.8) is 0 Å². The van der Waals surface area contributed by atoms with Crippen molar-refractivity contribution in [3.05, 3.63) is 22.6 Å². The first kappa shape index (κ1) is 13.7. The molecule has 2 aromatic heterocycles. The Hall–Kier alpha value is -1.69. The van der Waals surface area contributed by atoms with E-state index in [0.29, 0.717) is 30.8 Å². The van der Waals surface area contributed by atoms with Crippen LogP contribution < -0.4 is 0 Å². The fourth-order valence-electron chi connectivity index (χ4n) is 1.97. The van der Waals surface area contributed by atoms with Crippen LogP contribution in [-0.2, 0) is 16.1 Å². The number of rotatable bonds is 5. The average Bonchev–Trinajstić information content (AvgIpc) is 2.65. The number of hydrogen-bond donors (Lipinski definition) is 1. The number of nitrogens with zero attached hydrogens (tertiary/aromatic N) is 2. The highest BCUT2D eigenvalue weighted by molar-refractivity contribution is 7.71. The standard InChI is InChI=1S/C13H17N3O2S/c1-3-18-11(17)5-4-6-16-12-10(15-13(16)19)7-9(2)8-14-12/h7-8H,3-6H2,1-2H3,(H,15,19). The van der Waals surface area contributed by atoms with Crippen LogP contribution in [0.2, 0.25) is 0 Å². The van der Waals surface area contributed by atoms with Gasteiger partial charge in [0.15, 0.2) is 10.4 Å². The van der Waals surface area contributed by atoms with Crippen LogP contribution in [0.25, 0.3) is 11.2 Å². The van der Waals surface area contributed by atoms with Crippen LogP contribution in [0.3, 0.4) is 0 Å². The van der Waals surface area contributed by atoms with Crippen molar-refractivity contribution in [1.82, 2.24) is 14.5 Å². The van der Waals surface area contributed by atoms with Gasteiger partial charge in [-0.3, -0.25) is 4.79 Å². The summed E-state index contributed by atoms with van der Waals surface area (Å²) in [4.78, 5) is 18.8. The number of aryl methyl sites for hydroxylation is 2. The van der Waals surface area contributed by atoms with E-state index >= 15 is 0 Å². The first-order valence-corrected chi connectivity index (χ1v) is 6.73. The van der Waals surface area contributed by atoms with Crippen LogP contribution >= 0.6 is 12.2 Å². The van der Waals surface area contributed by atoms with Crippen molar-refractivity contribution in [2.45, 2.75) is 33.2 Å². The van der Waals surface area contributed by atoms with Gasteiger partial charge >= 0.3 is 5.97 Å². The molecule has 0 saturated carbocycles. The predicted octanol–water partition coefficient (Wildman–Crippen LogP) is 2.75. The van der Waals surface area contributed by atoms with Crippen LogP contribution in [0.5, 0.6) is 0 Å². The zero-order valence-electron chi connectivity index (χ0n) is 11.1. The highest BCUT2D eigenvalue weighted by Gasteiger charge is 2.07. The Morgan fingerprint density at radius 3 is 3.11 bits per heavy atom. The molecule has 1 N–H and O–H groups in total. The zero-order chi connectivity index (χ0) is 13.8. The van der Waals surface area contributed by atoms with Gasteiger partial charge in [0.1, 0.15) is 0 Å². The molecule has 0 atom stereocenters. The third-order valence-electron chi connectivity index (χ3n) is 2.81. The highest BCUT2D eigenvalue weighted by atomic mass is 32.1. The van der Waals surface area contributed by atoms with Gasteiger partial charge in [-0.2, -0.15) is 0 Å². The molecule has 0 aliphatic heterocycles. The minimum Gasteiger partial charge on any atom is -0.466 e. The van der Waals surface area contributed by atoms with Crippen molar-refractivity contribution in [1.29, 1.82) is 0 Å². The minimum atomic E-state index is -0.169. The second-order valence-electron chi connectivity index (χ2n) is 4.37. The molecule has 2 aromatic rings. The molecule has 0 radical (unpaired) electrons. The lowest BCUT2D eigenvalue weighted by atomic mass is 10.3. The van der Waals surface area contributed by atoms with Gasteiger partial charge in [0, 0.05) is 19.2 Å². The Balaban J connectivity index is 2.10. The number of fused-ring (bicyclic) bond motifs is 1. The average molecular weight is 279 g/mol. The van der Waals surface area contributed by atoms with Gasteiger partial charge in [-0.1, -0.05) is 0 Å². The van der Waals surface area contributed by atoms with Gasteiger partial charge in [-0.05, 0) is 44.1 Å². The van der Waals surface area contributed by atoms with Gasteiger partial charge in [0.2, 0.25) is 0 Å². The number of aromatic amines is 1. The smallest absolute Gasteiger partial charge is 0.305 e. The fourth-order valence-corrected chi connectivity index (χ4v) is 2.26. The van der Waals surface area contributed by atoms with Crippen LogP contribution in [0, 0.1) is 11.7 Å². The minimum absolute atomic E-state index is 0.169. The highest BCUT2D eigenvalue weighted by Crippen LogP contribution is 2.13. The molecule has 0 aliphatic carbocycles. The van der Waals surface area contributed by atoms with Crippen molar-refractivity contribution in [2.75, 3.05) is 6.61 Å². The number of carbonyl (C=O) groups excluding carboxylic acids is 1. The molecule has 0 bridgehead atoms. The number of ether oxygens (including phenoxy) is 1. The second kappa shape index (κ2) is 5.97. The molecule has 102 valence electrons. The topological polar surface area (TPSA) is 59.9 Å². The summed E-state index contributed by atoms with van der Waals surface area (Å²) in [5, 5.41) is 0. The normalized spacial score (nSPS) is 10.8. The molecule has 2 rings (SSSR count). The second-order valence-corrected chi connectivity index (χ2v) is 4.76. The van der Waals surface area contributed by atoms with E-state index in [9.17, 15) is 4.79 Å². The van der Waals surface area contributed by atoms with Gasteiger partial charge < -0.3 is 14.3 Å². The Labute approximate surface area is 116 Å². The van der Waals surface area contributed by atoms with E-state index in [1.165, 1.54) is 0 Å². The Morgan fingerprint density at radius 2 is 2.37 bits per heavy atom. The summed E-state index contributed by atoms with van der Waals surface area (Å²) in [6.07, 6.45) is 2.90. The van der Waals surface area contributed by atoms with E-state index in [2.05, 4.69) is 9.97 Å². The van der Waals surface area contributed by atoms with Gasteiger partial charge in [0.05, 0.1) is 12.1 Å². The molecule has 0 unspecified atom stereocenters. The number of imidazole rings is 1. The predicted molar refractivity (Wildman–Crippen MR) is 75.5 cm³/mol. The maximum Gasteiger partial charge on any atom is 0.305 e. The Bertz CT molecular complexity index is 645. The summed E-state index contributed by atoms with van der Waals surface area (Å²) in [6, 6.07) is 2.01. The third-order valence-corrected chi connectivity index (χ3v) is 3.14. The summed E-state index contributed by atoms with van der Waals surface area (Å²) in [7, 11) is 0. The molecular weight excluding hydrogens is 262 g/mol. The van der Waals surface area contributed by atoms with E-state index in [4.69, 9.17) is 17.0 Å². The summed E-state index contributed by atoms with van der Waals surface area (Å²) < 4.78 is 7.45. The van der Waals surface area contributed by atoms with E-state index in [1.807, 2.05) is 23.8 Å². The van der Waals surface area contributed by atoms with E-state index < -0.39 is 0 Å². The number of aromatic nitrogens is 3. The molecule has 0 aliphatic rings. The summed E-state index contributed by atoms with van der Waals surface area (Å²) in [5.41, 5.74) is 2.85. The van der Waals surface area contributed by atoms with Crippen LogP contribution in [0.15, 0.2) is 12.3 Å². The van der Waals surface area contributed by atoms with Crippen molar-refractivity contribution >= 4 is 29.4 Å². The molecule has 0 amide bonds. The van der Waals surface area contributed by atoms with Crippen LogP contribution in [0.1, 0.15) is 25.3 Å². The SMILES string of the molecule is CCOC(=O)CCCn1c(=S)[nH]c2cc(C)cnc21. The lowest BCUT2D eigenvalue weighted by Crippen LogP contribution is -2.06. The van der Waals surface area contributed by atoms with Crippen LogP contribution in [-0.4, -0.2) is 27.1 Å². The zero-order valence-corrected chi connectivity index (χ0v) is 11.9. The third kappa shape index (κ3) is 3.20. The fraction of sp³-hybridized carbons (Fsp3) is 0.462. The number of hydrogen-bond acceptors (Lipinski definition) is 4. The Morgan fingerprint density at radius 1 is 1.58 bits per heavy atom. The quantitative estimate of drug-likeness (QED) is 0.675. The molecule has 0 spiro atoms.